The predicted molar refractivity (Wildman–Crippen MR) is 80.9 cm³/mol. The Morgan fingerprint density at radius 3 is 2.38 bits per heavy atom. The van der Waals surface area contributed by atoms with E-state index in [9.17, 15) is 9.18 Å². The van der Waals surface area contributed by atoms with Crippen molar-refractivity contribution >= 4 is 5.78 Å². The zero-order valence-electron chi connectivity index (χ0n) is 12.6. The average molecular weight is 290 g/mol. The van der Waals surface area contributed by atoms with Crippen molar-refractivity contribution in [1.82, 2.24) is 9.80 Å². The standard InChI is InChI=1S/C17H23FN2O/c1-13(17(21)15-4-6-16(18)7-5-15)20-10-8-19(9-11-20)12-14-2-3-14/h4-7,13-14H,2-3,8-12H2,1H3. The molecule has 1 aliphatic carbocycles. The number of ketones is 1. The maximum atomic E-state index is 12.9. The van der Waals surface area contributed by atoms with Crippen LogP contribution in [0.3, 0.4) is 0 Å². The molecule has 1 aromatic carbocycles. The zero-order valence-corrected chi connectivity index (χ0v) is 12.6. The van der Waals surface area contributed by atoms with Gasteiger partial charge in [0.1, 0.15) is 5.82 Å². The average Bonchev–Trinajstić information content (AvgIpc) is 3.31. The van der Waals surface area contributed by atoms with Crippen LogP contribution in [0.25, 0.3) is 0 Å². The van der Waals surface area contributed by atoms with Crippen molar-refractivity contribution in [2.24, 2.45) is 5.92 Å². The van der Waals surface area contributed by atoms with Gasteiger partial charge in [0.05, 0.1) is 6.04 Å². The summed E-state index contributed by atoms with van der Waals surface area (Å²) < 4.78 is 12.9. The third-order valence-corrected chi connectivity index (χ3v) is 4.68. The van der Waals surface area contributed by atoms with Crippen LogP contribution in [0, 0.1) is 11.7 Å². The topological polar surface area (TPSA) is 23.6 Å². The second kappa shape index (κ2) is 6.24. The van der Waals surface area contributed by atoms with Gasteiger partial charge in [-0.3, -0.25) is 9.69 Å². The highest BCUT2D eigenvalue weighted by atomic mass is 19.1. The fourth-order valence-electron chi connectivity index (χ4n) is 3.02. The Morgan fingerprint density at radius 2 is 1.81 bits per heavy atom. The van der Waals surface area contributed by atoms with Crippen LogP contribution in [-0.4, -0.2) is 54.3 Å². The fraction of sp³-hybridized carbons (Fsp3) is 0.588. The number of halogens is 1. The fourth-order valence-corrected chi connectivity index (χ4v) is 3.02. The number of hydrogen-bond acceptors (Lipinski definition) is 3. The summed E-state index contributed by atoms with van der Waals surface area (Å²) in [6.45, 7) is 7.19. The molecule has 0 radical (unpaired) electrons. The summed E-state index contributed by atoms with van der Waals surface area (Å²) >= 11 is 0. The van der Waals surface area contributed by atoms with Gasteiger partial charge in [0.15, 0.2) is 5.78 Å². The molecule has 21 heavy (non-hydrogen) atoms. The van der Waals surface area contributed by atoms with Gasteiger partial charge in [0.2, 0.25) is 0 Å². The van der Waals surface area contributed by atoms with Crippen LogP contribution in [0.2, 0.25) is 0 Å². The highest BCUT2D eigenvalue weighted by molar-refractivity contribution is 5.99. The summed E-state index contributed by atoms with van der Waals surface area (Å²) in [6, 6.07) is 5.74. The molecule has 1 saturated carbocycles. The van der Waals surface area contributed by atoms with Crippen LogP contribution in [0.4, 0.5) is 4.39 Å². The number of nitrogens with zero attached hydrogens (tertiary/aromatic N) is 2. The maximum Gasteiger partial charge on any atom is 0.179 e. The Hall–Kier alpha value is -1.26. The lowest BCUT2D eigenvalue weighted by Gasteiger charge is -2.37. The quantitative estimate of drug-likeness (QED) is 0.778. The number of rotatable bonds is 5. The first-order chi connectivity index (χ1) is 10.1. The minimum Gasteiger partial charge on any atom is -0.301 e. The lowest BCUT2D eigenvalue weighted by molar-refractivity contribution is 0.0692. The monoisotopic (exact) mass is 290 g/mol. The van der Waals surface area contributed by atoms with E-state index >= 15 is 0 Å². The second-order valence-corrected chi connectivity index (χ2v) is 6.33. The van der Waals surface area contributed by atoms with Crippen LogP contribution in [-0.2, 0) is 0 Å². The Morgan fingerprint density at radius 1 is 1.19 bits per heavy atom. The molecular weight excluding hydrogens is 267 g/mol. The van der Waals surface area contributed by atoms with Crippen LogP contribution >= 0.6 is 0 Å². The summed E-state index contributed by atoms with van der Waals surface area (Å²) in [7, 11) is 0. The van der Waals surface area contributed by atoms with E-state index in [2.05, 4.69) is 9.80 Å². The molecule has 0 N–H and O–H groups in total. The molecule has 3 rings (SSSR count). The van der Waals surface area contributed by atoms with Crippen molar-refractivity contribution in [2.75, 3.05) is 32.7 Å². The van der Waals surface area contributed by atoms with Gasteiger partial charge in [0.25, 0.3) is 0 Å². The van der Waals surface area contributed by atoms with Gasteiger partial charge in [-0.15, -0.1) is 0 Å². The third-order valence-electron chi connectivity index (χ3n) is 4.68. The zero-order chi connectivity index (χ0) is 14.8. The van der Waals surface area contributed by atoms with E-state index in [0.717, 1.165) is 32.1 Å². The van der Waals surface area contributed by atoms with Crippen molar-refractivity contribution in [3.05, 3.63) is 35.6 Å². The van der Waals surface area contributed by atoms with E-state index in [1.54, 1.807) is 12.1 Å². The minimum atomic E-state index is -0.298. The molecule has 1 saturated heterocycles. The Labute approximate surface area is 125 Å². The van der Waals surface area contributed by atoms with Crippen molar-refractivity contribution in [1.29, 1.82) is 0 Å². The van der Waals surface area contributed by atoms with Crippen molar-refractivity contribution in [2.45, 2.75) is 25.8 Å². The Kier molecular flexibility index (Phi) is 4.36. The number of carbonyl (C=O) groups is 1. The number of piperazine rings is 1. The highest BCUT2D eigenvalue weighted by Gasteiger charge is 2.29. The molecule has 0 amide bonds. The summed E-state index contributed by atoms with van der Waals surface area (Å²) in [5.74, 6) is 0.716. The van der Waals surface area contributed by atoms with Crippen molar-refractivity contribution in [3.8, 4) is 0 Å². The molecule has 2 fully saturated rings. The number of Topliss-reactive ketones (excluding diaryl/α,β-unsaturated/α-hetero) is 1. The molecule has 1 unspecified atom stereocenters. The van der Waals surface area contributed by atoms with Crippen molar-refractivity contribution < 1.29 is 9.18 Å². The molecule has 2 aliphatic rings. The van der Waals surface area contributed by atoms with Crippen LogP contribution in [0.15, 0.2) is 24.3 Å². The molecule has 0 bridgehead atoms. The number of carbonyl (C=O) groups excluding carboxylic acids is 1. The largest absolute Gasteiger partial charge is 0.301 e. The summed E-state index contributed by atoms with van der Waals surface area (Å²) in [6.07, 6.45) is 2.78. The summed E-state index contributed by atoms with van der Waals surface area (Å²) in [5.41, 5.74) is 0.601. The van der Waals surface area contributed by atoms with E-state index in [4.69, 9.17) is 0 Å². The van der Waals surface area contributed by atoms with Crippen LogP contribution in [0.1, 0.15) is 30.1 Å². The number of benzene rings is 1. The third kappa shape index (κ3) is 3.69. The van der Waals surface area contributed by atoms with E-state index < -0.39 is 0 Å². The molecule has 1 aliphatic heterocycles. The maximum absolute atomic E-state index is 12.9. The van der Waals surface area contributed by atoms with Gasteiger partial charge in [-0.25, -0.2) is 4.39 Å². The predicted octanol–water partition coefficient (Wildman–Crippen LogP) is 2.42. The summed E-state index contributed by atoms with van der Waals surface area (Å²) in [4.78, 5) is 17.2. The van der Waals surface area contributed by atoms with Gasteiger partial charge in [-0.2, -0.15) is 0 Å². The Bertz CT molecular complexity index is 490. The van der Waals surface area contributed by atoms with Gasteiger partial charge < -0.3 is 4.90 Å². The lowest BCUT2D eigenvalue weighted by Crippen LogP contribution is -2.52. The molecule has 1 aromatic rings. The van der Waals surface area contributed by atoms with Gasteiger partial charge in [0, 0.05) is 38.3 Å². The number of hydrogen-bond donors (Lipinski definition) is 0. The van der Waals surface area contributed by atoms with Gasteiger partial charge in [-0.1, -0.05) is 0 Å². The highest BCUT2D eigenvalue weighted by Crippen LogP contribution is 2.30. The SMILES string of the molecule is CC(C(=O)c1ccc(F)cc1)N1CCN(CC2CC2)CC1. The van der Waals surface area contributed by atoms with E-state index in [1.807, 2.05) is 6.92 Å². The molecule has 0 aromatic heterocycles. The van der Waals surface area contributed by atoms with Gasteiger partial charge in [-0.05, 0) is 49.9 Å². The normalized spacial score (nSPS) is 22.2. The first-order valence-corrected chi connectivity index (χ1v) is 7.89. The first-order valence-electron chi connectivity index (χ1n) is 7.89. The van der Waals surface area contributed by atoms with E-state index in [0.29, 0.717) is 5.56 Å². The Balaban J connectivity index is 1.54. The molecule has 0 spiro atoms. The minimum absolute atomic E-state index is 0.0886. The molecule has 3 nitrogen and oxygen atoms in total. The summed E-state index contributed by atoms with van der Waals surface area (Å²) in [5, 5.41) is 0. The van der Waals surface area contributed by atoms with Crippen LogP contribution < -0.4 is 0 Å². The van der Waals surface area contributed by atoms with E-state index in [-0.39, 0.29) is 17.6 Å². The van der Waals surface area contributed by atoms with Gasteiger partial charge >= 0.3 is 0 Å². The molecule has 1 heterocycles. The first kappa shape index (κ1) is 14.7. The smallest absolute Gasteiger partial charge is 0.179 e. The second-order valence-electron chi connectivity index (χ2n) is 6.33. The lowest BCUT2D eigenvalue weighted by atomic mass is 10.0. The molecule has 1 atom stereocenters. The van der Waals surface area contributed by atoms with E-state index in [1.165, 1.54) is 31.5 Å². The molecule has 114 valence electrons. The van der Waals surface area contributed by atoms with Crippen LogP contribution in [0.5, 0.6) is 0 Å². The molecular formula is C17H23FN2O. The van der Waals surface area contributed by atoms with Crippen molar-refractivity contribution in [3.63, 3.8) is 0 Å². The molecule has 4 heteroatoms.